The first-order valence-corrected chi connectivity index (χ1v) is 5.49. The SMILES string of the molecule is CC1(n2cc3c(O)cc(=O)[nH]c3cc2=O)CC1. The van der Waals surface area contributed by atoms with Crippen molar-refractivity contribution in [3.05, 3.63) is 39.0 Å². The predicted octanol–water partition coefficient (Wildman–Crippen LogP) is 0.904. The molecule has 2 heterocycles. The number of nitrogens with zero attached hydrogens (tertiary/aromatic N) is 1. The average Bonchev–Trinajstić information content (AvgIpc) is 2.95. The summed E-state index contributed by atoms with van der Waals surface area (Å²) >= 11 is 0. The topological polar surface area (TPSA) is 75.1 Å². The van der Waals surface area contributed by atoms with Gasteiger partial charge in [-0.05, 0) is 19.8 Å². The smallest absolute Gasteiger partial charge is 0.253 e. The van der Waals surface area contributed by atoms with Crippen molar-refractivity contribution in [1.82, 2.24) is 9.55 Å². The summed E-state index contributed by atoms with van der Waals surface area (Å²) in [6, 6.07) is 2.48. The van der Waals surface area contributed by atoms with Crippen molar-refractivity contribution in [3.8, 4) is 5.75 Å². The van der Waals surface area contributed by atoms with E-state index >= 15 is 0 Å². The van der Waals surface area contributed by atoms with Gasteiger partial charge in [-0.25, -0.2) is 0 Å². The number of hydrogen-bond donors (Lipinski definition) is 2. The van der Waals surface area contributed by atoms with Crippen molar-refractivity contribution in [3.63, 3.8) is 0 Å². The Bertz CT molecular complexity index is 723. The summed E-state index contributed by atoms with van der Waals surface area (Å²) in [6.45, 7) is 2.00. The quantitative estimate of drug-likeness (QED) is 0.767. The van der Waals surface area contributed by atoms with E-state index in [0.29, 0.717) is 10.9 Å². The van der Waals surface area contributed by atoms with Gasteiger partial charge in [-0.15, -0.1) is 0 Å². The predicted molar refractivity (Wildman–Crippen MR) is 63.4 cm³/mol. The molecule has 0 aromatic carbocycles. The van der Waals surface area contributed by atoms with Crippen molar-refractivity contribution < 1.29 is 5.11 Å². The van der Waals surface area contributed by atoms with Crippen LogP contribution >= 0.6 is 0 Å². The Morgan fingerprint density at radius 1 is 1.35 bits per heavy atom. The summed E-state index contributed by atoms with van der Waals surface area (Å²) in [5.41, 5.74) is -0.322. The molecule has 1 saturated carbocycles. The molecule has 0 atom stereocenters. The zero-order valence-electron chi connectivity index (χ0n) is 9.36. The highest BCUT2D eigenvalue weighted by Gasteiger charge is 2.40. The van der Waals surface area contributed by atoms with Gasteiger partial charge in [0.1, 0.15) is 5.75 Å². The van der Waals surface area contributed by atoms with Gasteiger partial charge in [0.2, 0.25) is 0 Å². The van der Waals surface area contributed by atoms with Crippen molar-refractivity contribution >= 4 is 10.9 Å². The third-order valence-electron chi connectivity index (χ3n) is 3.41. The molecule has 0 radical (unpaired) electrons. The van der Waals surface area contributed by atoms with Gasteiger partial charge in [-0.3, -0.25) is 9.59 Å². The van der Waals surface area contributed by atoms with Crippen molar-refractivity contribution in [1.29, 1.82) is 0 Å². The van der Waals surface area contributed by atoms with E-state index in [1.54, 1.807) is 10.8 Å². The molecule has 2 N–H and O–H groups in total. The summed E-state index contributed by atoms with van der Waals surface area (Å²) in [4.78, 5) is 25.6. The number of aromatic nitrogens is 2. The molecule has 0 amide bonds. The van der Waals surface area contributed by atoms with Gasteiger partial charge >= 0.3 is 0 Å². The van der Waals surface area contributed by atoms with E-state index in [1.807, 2.05) is 6.92 Å². The van der Waals surface area contributed by atoms with Crippen LogP contribution in [0.15, 0.2) is 27.9 Å². The molecule has 17 heavy (non-hydrogen) atoms. The molecule has 2 aromatic heterocycles. The van der Waals surface area contributed by atoms with Crippen LogP contribution in [-0.2, 0) is 5.54 Å². The zero-order valence-corrected chi connectivity index (χ0v) is 9.36. The van der Waals surface area contributed by atoms with Gasteiger partial charge in [0.15, 0.2) is 0 Å². The second kappa shape index (κ2) is 3.00. The molecule has 5 nitrogen and oxygen atoms in total. The van der Waals surface area contributed by atoms with Crippen LogP contribution in [0.5, 0.6) is 5.75 Å². The lowest BCUT2D eigenvalue weighted by molar-refractivity contribution is 0.477. The van der Waals surface area contributed by atoms with Crippen LogP contribution < -0.4 is 11.1 Å². The maximum Gasteiger partial charge on any atom is 0.253 e. The Morgan fingerprint density at radius 2 is 2.06 bits per heavy atom. The fraction of sp³-hybridized carbons (Fsp3) is 0.333. The molecule has 3 rings (SSSR count). The van der Waals surface area contributed by atoms with Crippen molar-refractivity contribution in [2.75, 3.05) is 0 Å². The molecule has 1 aliphatic rings. The van der Waals surface area contributed by atoms with Crippen LogP contribution in [0.25, 0.3) is 10.9 Å². The molecule has 0 spiro atoms. The minimum absolute atomic E-state index is 0.0956. The van der Waals surface area contributed by atoms with E-state index in [0.717, 1.165) is 18.9 Å². The normalized spacial score (nSPS) is 17.2. The first-order chi connectivity index (χ1) is 7.99. The van der Waals surface area contributed by atoms with Gasteiger partial charge in [0.25, 0.3) is 11.1 Å². The highest BCUT2D eigenvalue weighted by Crippen LogP contribution is 2.42. The molecule has 0 saturated heterocycles. The molecule has 0 unspecified atom stereocenters. The van der Waals surface area contributed by atoms with Crippen LogP contribution in [0, 0.1) is 0 Å². The lowest BCUT2D eigenvalue weighted by Gasteiger charge is -2.13. The molecular weight excluding hydrogens is 220 g/mol. The van der Waals surface area contributed by atoms with Crippen LogP contribution in [-0.4, -0.2) is 14.7 Å². The summed E-state index contributed by atoms with van der Waals surface area (Å²) in [7, 11) is 0. The van der Waals surface area contributed by atoms with E-state index in [9.17, 15) is 14.7 Å². The first kappa shape index (κ1) is 10.1. The van der Waals surface area contributed by atoms with Crippen molar-refractivity contribution in [2.24, 2.45) is 0 Å². The minimum atomic E-state index is -0.412. The summed E-state index contributed by atoms with van der Waals surface area (Å²) in [5.74, 6) is -0.0956. The fourth-order valence-corrected chi connectivity index (χ4v) is 2.05. The average molecular weight is 232 g/mol. The minimum Gasteiger partial charge on any atom is -0.507 e. The number of H-pyrrole nitrogens is 1. The number of nitrogens with one attached hydrogen (secondary N) is 1. The van der Waals surface area contributed by atoms with Gasteiger partial charge in [-0.1, -0.05) is 0 Å². The molecule has 1 fully saturated rings. The monoisotopic (exact) mass is 232 g/mol. The van der Waals surface area contributed by atoms with Crippen LogP contribution in [0.4, 0.5) is 0 Å². The highest BCUT2D eigenvalue weighted by molar-refractivity contribution is 5.83. The van der Waals surface area contributed by atoms with E-state index in [4.69, 9.17) is 0 Å². The molecular formula is C12H12N2O3. The molecule has 88 valence electrons. The molecule has 5 heteroatoms. The Kier molecular flexibility index (Phi) is 1.79. The second-order valence-corrected chi connectivity index (χ2v) is 4.82. The Hall–Kier alpha value is -2.04. The molecule has 2 aromatic rings. The second-order valence-electron chi connectivity index (χ2n) is 4.82. The molecule has 1 aliphatic carbocycles. The maximum absolute atomic E-state index is 11.9. The number of aromatic amines is 1. The van der Waals surface area contributed by atoms with E-state index in [-0.39, 0.29) is 16.8 Å². The standard InChI is InChI=1S/C12H12N2O3/c1-12(2-3-12)14-6-7-8(4-11(14)17)13-10(16)5-9(7)15/h4-6,15H,2-3H2,1H3,(H,13,16). The third kappa shape index (κ3) is 1.46. The van der Waals surface area contributed by atoms with Crippen LogP contribution in [0.2, 0.25) is 0 Å². The lowest BCUT2D eigenvalue weighted by Crippen LogP contribution is -2.27. The van der Waals surface area contributed by atoms with Gasteiger partial charge < -0.3 is 14.7 Å². The number of hydrogen-bond acceptors (Lipinski definition) is 3. The largest absolute Gasteiger partial charge is 0.507 e. The Balaban J connectivity index is 2.39. The number of pyridine rings is 2. The number of aromatic hydroxyl groups is 1. The maximum atomic E-state index is 11.9. The third-order valence-corrected chi connectivity index (χ3v) is 3.41. The first-order valence-electron chi connectivity index (χ1n) is 5.49. The fourth-order valence-electron chi connectivity index (χ4n) is 2.05. The van der Waals surface area contributed by atoms with Crippen LogP contribution in [0.3, 0.4) is 0 Å². The number of rotatable bonds is 1. The lowest BCUT2D eigenvalue weighted by atomic mass is 10.2. The van der Waals surface area contributed by atoms with E-state index in [1.165, 1.54) is 6.07 Å². The summed E-state index contributed by atoms with van der Waals surface area (Å²) in [5, 5.41) is 10.2. The van der Waals surface area contributed by atoms with E-state index in [2.05, 4.69) is 4.98 Å². The number of fused-ring (bicyclic) bond motifs is 1. The highest BCUT2D eigenvalue weighted by atomic mass is 16.3. The Morgan fingerprint density at radius 3 is 2.71 bits per heavy atom. The van der Waals surface area contributed by atoms with Gasteiger partial charge in [0.05, 0.1) is 10.9 Å². The summed E-state index contributed by atoms with van der Waals surface area (Å²) < 4.78 is 1.63. The van der Waals surface area contributed by atoms with Gasteiger partial charge in [-0.2, -0.15) is 0 Å². The van der Waals surface area contributed by atoms with Crippen molar-refractivity contribution in [2.45, 2.75) is 25.3 Å². The molecule has 0 bridgehead atoms. The molecule has 0 aliphatic heterocycles. The van der Waals surface area contributed by atoms with E-state index < -0.39 is 5.56 Å². The van der Waals surface area contributed by atoms with Crippen LogP contribution in [0.1, 0.15) is 19.8 Å². The van der Waals surface area contributed by atoms with Gasteiger partial charge in [0, 0.05) is 23.9 Å². The Labute approximate surface area is 96.3 Å². The zero-order chi connectivity index (χ0) is 12.2. The summed E-state index contributed by atoms with van der Waals surface area (Å²) in [6.07, 6.45) is 3.54.